The summed E-state index contributed by atoms with van der Waals surface area (Å²) in [5, 5.41) is 5.96. The third-order valence-electron chi connectivity index (χ3n) is 4.50. The standard InChI is InChI=1S/C22H25N5O2/c1-4-27(5-2)17-12-10-16(11-13-17)24-22-23-15-14-19(26-22)21(28)25-18-8-6-7-9-20(18)29-3/h6-15H,4-5H2,1-3H3,(H,25,28)(H,23,24,26). The summed E-state index contributed by atoms with van der Waals surface area (Å²) >= 11 is 0. The number of carbonyl (C=O) groups excluding carboxylic acids is 1. The van der Waals surface area contributed by atoms with E-state index in [1.807, 2.05) is 36.4 Å². The van der Waals surface area contributed by atoms with Gasteiger partial charge in [0.15, 0.2) is 0 Å². The van der Waals surface area contributed by atoms with Gasteiger partial charge >= 0.3 is 0 Å². The van der Waals surface area contributed by atoms with Gasteiger partial charge in [0.25, 0.3) is 5.91 Å². The van der Waals surface area contributed by atoms with Crippen LogP contribution in [-0.4, -0.2) is 36.1 Å². The molecule has 0 saturated heterocycles. The number of benzene rings is 2. The fourth-order valence-electron chi connectivity index (χ4n) is 2.95. The average molecular weight is 391 g/mol. The molecule has 0 radical (unpaired) electrons. The first kappa shape index (κ1) is 20.1. The maximum absolute atomic E-state index is 12.6. The predicted molar refractivity (Wildman–Crippen MR) is 116 cm³/mol. The Kier molecular flexibility index (Phi) is 6.63. The van der Waals surface area contributed by atoms with Crippen molar-refractivity contribution in [1.29, 1.82) is 0 Å². The zero-order valence-electron chi connectivity index (χ0n) is 16.8. The summed E-state index contributed by atoms with van der Waals surface area (Å²) in [6.07, 6.45) is 1.55. The number of carbonyl (C=O) groups is 1. The highest BCUT2D eigenvalue weighted by Gasteiger charge is 2.12. The van der Waals surface area contributed by atoms with E-state index in [2.05, 4.69) is 39.3 Å². The minimum atomic E-state index is -0.336. The molecule has 0 saturated carbocycles. The van der Waals surface area contributed by atoms with E-state index in [0.29, 0.717) is 17.4 Å². The normalized spacial score (nSPS) is 10.3. The second kappa shape index (κ2) is 9.54. The van der Waals surface area contributed by atoms with E-state index in [1.165, 1.54) is 0 Å². The second-order valence-corrected chi connectivity index (χ2v) is 6.26. The number of rotatable bonds is 8. The molecule has 29 heavy (non-hydrogen) atoms. The first-order chi connectivity index (χ1) is 14.1. The van der Waals surface area contributed by atoms with Gasteiger partial charge in [-0.15, -0.1) is 0 Å². The molecule has 0 spiro atoms. The van der Waals surface area contributed by atoms with E-state index >= 15 is 0 Å². The van der Waals surface area contributed by atoms with E-state index in [-0.39, 0.29) is 11.6 Å². The Bertz CT molecular complexity index is 955. The number of methoxy groups -OCH3 is 1. The van der Waals surface area contributed by atoms with Gasteiger partial charge in [-0.25, -0.2) is 9.97 Å². The summed E-state index contributed by atoms with van der Waals surface area (Å²) in [5.41, 5.74) is 2.85. The van der Waals surface area contributed by atoms with E-state index < -0.39 is 0 Å². The number of nitrogens with one attached hydrogen (secondary N) is 2. The molecule has 0 unspecified atom stereocenters. The number of para-hydroxylation sites is 2. The lowest BCUT2D eigenvalue weighted by molar-refractivity contribution is 0.102. The summed E-state index contributed by atoms with van der Waals surface area (Å²) in [5.74, 6) is 0.603. The van der Waals surface area contributed by atoms with Crippen LogP contribution in [0.5, 0.6) is 5.75 Å². The Labute approximate surface area is 170 Å². The smallest absolute Gasteiger partial charge is 0.274 e. The van der Waals surface area contributed by atoms with E-state index in [9.17, 15) is 4.79 Å². The number of nitrogens with zero attached hydrogens (tertiary/aromatic N) is 3. The van der Waals surface area contributed by atoms with Crippen molar-refractivity contribution >= 4 is 28.9 Å². The van der Waals surface area contributed by atoms with Crippen LogP contribution in [0.2, 0.25) is 0 Å². The first-order valence-electron chi connectivity index (χ1n) is 9.54. The van der Waals surface area contributed by atoms with E-state index in [0.717, 1.165) is 24.5 Å². The third kappa shape index (κ3) is 5.01. The number of hydrogen-bond donors (Lipinski definition) is 2. The van der Waals surface area contributed by atoms with Crippen molar-refractivity contribution in [2.75, 3.05) is 35.7 Å². The molecule has 3 rings (SSSR count). The summed E-state index contributed by atoms with van der Waals surface area (Å²) in [6.45, 7) is 6.17. The van der Waals surface area contributed by atoms with E-state index in [1.54, 1.807) is 31.5 Å². The minimum absolute atomic E-state index is 0.258. The molecule has 7 nitrogen and oxygen atoms in total. The lowest BCUT2D eigenvalue weighted by Gasteiger charge is -2.21. The van der Waals surface area contributed by atoms with Gasteiger partial charge in [-0.1, -0.05) is 12.1 Å². The third-order valence-corrected chi connectivity index (χ3v) is 4.50. The van der Waals surface area contributed by atoms with Gasteiger partial charge in [-0.05, 0) is 56.3 Å². The van der Waals surface area contributed by atoms with Gasteiger partial charge in [-0.2, -0.15) is 0 Å². The summed E-state index contributed by atoms with van der Waals surface area (Å²) < 4.78 is 5.26. The molecular formula is C22H25N5O2. The molecule has 150 valence electrons. The van der Waals surface area contributed by atoms with Crippen molar-refractivity contribution in [3.63, 3.8) is 0 Å². The number of hydrogen-bond acceptors (Lipinski definition) is 6. The Morgan fingerprint density at radius 2 is 1.76 bits per heavy atom. The van der Waals surface area contributed by atoms with Crippen LogP contribution in [-0.2, 0) is 0 Å². The van der Waals surface area contributed by atoms with Gasteiger partial charge in [0.1, 0.15) is 11.4 Å². The van der Waals surface area contributed by atoms with Crippen molar-refractivity contribution in [1.82, 2.24) is 9.97 Å². The average Bonchev–Trinajstić information content (AvgIpc) is 2.76. The molecule has 2 aromatic carbocycles. The number of ether oxygens (including phenoxy) is 1. The maximum Gasteiger partial charge on any atom is 0.274 e. The van der Waals surface area contributed by atoms with Crippen LogP contribution in [0, 0.1) is 0 Å². The van der Waals surface area contributed by atoms with Gasteiger partial charge in [0, 0.05) is 30.7 Å². The molecule has 0 aliphatic carbocycles. The van der Waals surface area contributed by atoms with Crippen LogP contribution in [0.15, 0.2) is 60.8 Å². The molecule has 0 aliphatic rings. The molecule has 7 heteroatoms. The number of amides is 1. The highest BCUT2D eigenvalue weighted by atomic mass is 16.5. The Morgan fingerprint density at radius 3 is 2.45 bits per heavy atom. The summed E-state index contributed by atoms with van der Waals surface area (Å²) in [7, 11) is 1.56. The lowest BCUT2D eigenvalue weighted by atomic mass is 10.2. The van der Waals surface area contributed by atoms with Crippen molar-refractivity contribution in [3.05, 3.63) is 66.5 Å². The SMILES string of the molecule is CCN(CC)c1ccc(Nc2nccc(C(=O)Nc3ccccc3OC)n2)cc1. The predicted octanol–water partition coefficient (Wildman–Crippen LogP) is 4.33. The molecule has 1 aromatic heterocycles. The van der Waals surface area contributed by atoms with Gasteiger partial charge in [0.05, 0.1) is 12.8 Å². The summed E-state index contributed by atoms with van der Waals surface area (Å²) in [6, 6.07) is 16.8. The number of aromatic nitrogens is 2. The quantitative estimate of drug-likeness (QED) is 0.595. The second-order valence-electron chi connectivity index (χ2n) is 6.26. The number of anilines is 4. The van der Waals surface area contributed by atoms with Crippen molar-refractivity contribution in [2.45, 2.75) is 13.8 Å². The topological polar surface area (TPSA) is 79.4 Å². The molecule has 2 N–H and O–H groups in total. The molecular weight excluding hydrogens is 366 g/mol. The van der Waals surface area contributed by atoms with Crippen LogP contribution in [0.1, 0.15) is 24.3 Å². The van der Waals surface area contributed by atoms with E-state index in [4.69, 9.17) is 4.74 Å². The molecule has 1 heterocycles. The largest absolute Gasteiger partial charge is 0.495 e. The van der Waals surface area contributed by atoms with Gasteiger partial charge < -0.3 is 20.3 Å². The van der Waals surface area contributed by atoms with Crippen LogP contribution in [0.4, 0.5) is 23.0 Å². The Balaban J connectivity index is 1.71. The minimum Gasteiger partial charge on any atom is -0.495 e. The fraction of sp³-hybridized carbons (Fsp3) is 0.227. The zero-order chi connectivity index (χ0) is 20.6. The zero-order valence-corrected chi connectivity index (χ0v) is 16.8. The van der Waals surface area contributed by atoms with Crippen LogP contribution in [0.3, 0.4) is 0 Å². The molecule has 0 bridgehead atoms. The molecule has 0 fully saturated rings. The maximum atomic E-state index is 12.6. The fourth-order valence-corrected chi connectivity index (χ4v) is 2.95. The molecule has 3 aromatic rings. The monoisotopic (exact) mass is 391 g/mol. The first-order valence-corrected chi connectivity index (χ1v) is 9.54. The molecule has 0 aliphatic heterocycles. The summed E-state index contributed by atoms with van der Waals surface area (Å²) in [4.78, 5) is 23.4. The van der Waals surface area contributed by atoms with Crippen molar-refractivity contribution in [2.24, 2.45) is 0 Å². The van der Waals surface area contributed by atoms with Crippen molar-refractivity contribution < 1.29 is 9.53 Å². The van der Waals surface area contributed by atoms with Crippen LogP contribution < -0.4 is 20.3 Å². The highest BCUT2D eigenvalue weighted by molar-refractivity contribution is 6.03. The lowest BCUT2D eigenvalue weighted by Crippen LogP contribution is -2.21. The Morgan fingerprint density at radius 1 is 1.03 bits per heavy atom. The van der Waals surface area contributed by atoms with Crippen LogP contribution in [0.25, 0.3) is 0 Å². The molecule has 0 atom stereocenters. The van der Waals surface area contributed by atoms with Gasteiger partial charge in [0.2, 0.25) is 5.95 Å². The van der Waals surface area contributed by atoms with Gasteiger partial charge in [-0.3, -0.25) is 4.79 Å². The highest BCUT2D eigenvalue weighted by Crippen LogP contribution is 2.24. The Hall–Kier alpha value is -3.61. The van der Waals surface area contributed by atoms with Crippen LogP contribution >= 0.6 is 0 Å². The molecule has 1 amide bonds. The van der Waals surface area contributed by atoms with Crippen molar-refractivity contribution in [3.8, 4) is 5.75 Å².